The molecule has 0 spiro atoms. The second kappa shape index (κ2) is 8.06. The van der Waals surface area contributed by atoms with Gasteiger partial charge in [-0.15, -0.1) is 0 Å². The maximum Gasteiger partial charge on any atom is 0.0593 e. The van der Waals surface area contributed by atoms with E-state index in [4.69, 9.17) is 4.74 Å². The number of nitrogens with one attached hydrogen (secondary N) is 1. The summed E-state index contributed by atoms with van der Waals surface area (Å²) in [6.45, 7) is 13.1. The van der Waals surface area contributed by atoms with E-state index < -0.39 is 0 Å². The summed E-state index contributed by atoms with van der Waals surface area (Å²) in [6.07, 6.45) is 5.26. The van der Waals surface area contributed by atoms with E-state index in [1.54, 1.807) is 0 Å². The van der Waals surface area contributed by atoms with Gasteiger partial charge in [0, 0.05) is 18.7 Å². The number of ether oxygens (including phenoxy) is 1. The van der Waals surface area contributed by atoms with Crippen molar-refractivity contribution >= 4 is 0 Å². The van der Waals surface area contributed by atoms with E-state index in [9.17, 15) is 0 Å². The van der Waals surface area contributed by atoms with Crippen LogP contribution in [0.2, 0.25) is 0 Å². The third-order valence-electron chi connectivity index (χ3n) is 3.12. The number of rotatable bonds is 7. The monoisotopic (exact) mass is 242 g/mol. The fraction of sp³-hybridized carbons (Fsp3) is 1.00. The first kappa shape index (κ1) is 14.9. The lowest BCUT2D eigenvalue weighted by Gasteiger charge is -2.26. The lowest BCUT2D eigenvalue weighted by molar-refractivity contribution is 0.0942. The molecule has 0 aromatic heterocycles. The molecule has 0 amide bonds. The molecular formula is C14H30N2O. The fourth-order valence-electron chi connectivity index (χ4n) is 2.12. The minimum Gasteiger partial charge on any atom is -0.380 e. The van der Waals surface area contributed by atoms with Gasteiger partial charge in [0.05, 0.1) is 6.61 Å². The van der Waals surface area contributed by atoms with Crippen LogP contribution >= 0.6 is 0 Å². The molecule has 1 aliphatic heterocycles. The van der Waals surface area contributed by atoms with Gasteiger partial charge in [0.1, 0.15) is 0 Å². The van der Waals surface area contributed by atoms with Crippen LogP contribution in [-0.2, 0) is 4.74 Å². The van der Waals surface area contributed by atoms with E-state index >= 15 is 0 Å². The Morgan fingerprint density at radius 2 is 1.76 bits per heavy atom. The fourth-order valence-corrected chi connectivity index (χ4v) is 2.12. The first-order valence-electron chi connectivity index (χ1n) is 7.13. The SMILES string of the molecule is CC(C)(C)NCCCOCCN1CCCCC1. The molecule has 0 aromatic carbocycles. The number of piperidine rings is 1. The summed E-state index contributed by atoms with van der Waals surface area (Å²) in [5.74, 6) is 0. The third-order valence-corrected chi connectivity index (χ3v) is 3.12. The summed E-state index contributed by atoms with van der Waals surface area (Å²) in [5, 5.41) is 3.47. The topological polar surface area (TPSA) is 24.5 Å². The molecule has 1 saturated heterocycles. The number of hydrogen-bond acceptors (Lipinski definition) is 3. The van der Waals surface area contributed by atoms with Crippen molar-refractivity contribution in [3.8, 4) is 0 Å². The van der Waals surface area contributed by atoms with Gasteiger partial charge in [-0.05, 0) is 59.7 Å². The zero-order valence-corrected chi connectivity index (χ0v) is 11.9. The Hall–Kier alpha value is -0.120. The predicted molar refractivity (Wildman–Crippen MR) is 73.5 cm³/mol. The summed E-state index contributed by atoms with van der Waals surface area (Å²) in [7, 11) is 0. The maximum atomic E-state index is 5.67. The highest BCUT2D eigenvalue weighted by Gasteiger charge is 2.09. The zero-order valence-electron chi connectivity index (χ0n) is 11.9. The summed E-state index contributed by atoms with van der Waals surface area (Å²) in [6, 6.07) is 0. The molecule has 1 aliphatic rings. The van der Waals surface area contributed by atoms with Crippen LogP contribution in [0.1, 0.15) is 46.5 Å². The first-order chi connectivity index (χ1) is 8.08. The Balaban J connectivity index is 1.84. The molecule has 0 radical (unpaired) electrons. The molecule has 0 aliphatic carbocycles. The van der Waals surface area contributed by atoms with Crippen molar-refractivity contribution in [3.05, 3.63) is 0 Å². The molecule has 17 heavy (non-hydrogen) atoms. The van der Waals surface area contributed by atoms with Gasteiger partial charge in [0.2, 0.25) is 0 Å². The smallest absolute Gasteiger partial charge is 0.0593 e. The van der Waals surface area contributed by atoms with Crippen LogP contribution in [0.15, 0.2) is 0 Å². The number of nitrogens with zero attached hydrogens (tertiary/aromatic N) is 1. The van der Waals surface area contributed by atoms with E-state index in [0.717, 1.165) is 32.7 Å². The van der Waals surface area contributed by atoms with Gasteiger partial charge in [0.25, 0.3) is 0 Å². The minimum atomic E-state index is 0.230. The Morgan fingerprint density at radius 1 is 1.06 bits per heavy atom. The van der Waals surface area contributed by atoms with Crippen LogP contribution in [0.4, 0.5) is 0 Å². The highest BCUT2D eigenvalue weighted by Crippen LogP contribution is 2.07. The molecule has 0 aromatic rings. The van der Waals surface area contributed by atoms with E-state index in [-0.39, 0.29) is 5.54 Å². The van der Waals surface area contributed by atoms with Gasteiger partial charge in [0.15, 0.2) is 0 Å². The zero-order chi connectivity index (χ0) is 12.6. The Labute approximate surface area is 107 Å². The highest BCUT2D eigenvalue weighted by atomic mass is 16.5. The van der Waals surface area contributed by atoms with Gasteiger partial charge in [-0.25, -0.2) is 0 Å². The van der Waals surface area contributed by atoms with Gasteiger partial charge >= 0.3 is 0 Å². The summed E-state index contributed by atoms with van der Waals surface area (Å²) >= 11 is 0. The Morgan fingerprint density at radius 3 is 2.41 bits per heavy atom. The van der Waals surface area contributed by atoms with Crippen molar-refractivity contribution < 1.29 is 4.74 Å². The first-order valence-corrected chi connectivity index (χ1v) is 7.13. The summed E-state index contributed by atoms with van der Waals surface area (Å²) < 4.78 is 5.67. The van der Waals surface area contributed by atoms with Crippen LogP contribution in [0.5, 0.6) is 0 Å². The molecule has 0 atom stereocenters. The molecule has 102 valence electrons. The summed E-state index contributed by atoms with van der Waals surface area (Å²) in [5.41, 5.74) is 0.230. The average Bonchev–Trinajstić information content (AvgIpc) is 2.28. The molecule has 3 heteroatoms. The lowest BCUT2D eigenvalue weighted by atomic mass is 10.1. The molecule has 1 fully saturated rings. The van der Waals surface area contributed by atoms with Crippen LogP contribution in [0, 0.1) is 0 Å². The van der Waals surface area contributed by atoms with Crippen molar-refractivity contribution in [1.82, 2.24) is 10.2 Å². The van der Waals surface area contributed by atoms with E-state index in [1.807, 2.05) is 0 Å². The van der Waals surface area contributed by atoms with Gasteiger partial charge in [-0.2, -0.15) is 0 Å². The molecule has 1 rings (SSSR count). The summed E-state index contributed by atoms with van der Waals surface area (Å²) in [4.78, 5) is 2.52. The molecule has 1 N–H and O–H groups in total. The van der Waals surface area contributed by atoms with Crippen molar-refractivity contribution in [2.24, 2.45) is 0 Å². The van der Waals surface area contributed by atoms with Crippen molar-refractivity contribution in [2.45, 2.75) is 52.0 Å². The normalized spacial score (nSPS) is 18.5. The Kier molecular flexibility index (Phi) is 7.09. The van der Waals surface area contributed by atoms with E-state index in [1.165, 1.54) is 32.4 Å². The predicted octanol–water partition coefficient (Wildman–Crippen LogP) is 2.27. The second-order valence-corrected chi connectivity index (χ2v) is 6.05. The number of likely N-dealkylation sites (tertiary alicyclic amines) is 1. The molecule has 1 heterocycles. The van der Waals surface area contributed by atoms with Crippen LogP contribution in [0.3, 0.4) is 0 Å². The van der Waals surface area contributed by atoms with E-state index in [0.29, 0.717) is 0 Å². The molecule has 0 unspecified atom stereocenters. The maximum absolute atomic E-state index is 5.67. The third kappa shape index (κ3) is 8.58. The Bertz CT molecular complexity index is 183. The minimum absolute atomic E-state index is 0.230. The van der Waals surface area contributed by atoms with Crippen LogP contribution in [-0.4, -0.2) is 49.8 Å². The van der Waals surface area contributed by atoms with Crippen molar-refractivity contribution in [1.29, 1.82) is 0 Å². The molecular weight excluding hydrogens is 212 g/mol. The van der Waals surface area contributed by atoms with Crippen molar-refractivity contribution in [2.75, 3.05) is 39.4 Å². The van der Waals surface area contributed by atoms with E-state index in [2.05, 4.69) is 31.0 Å². The average molecular weight is 242 g/mol. The van der Waals surface area contributed by atoms with Crippen LogP contribution in [0.25, 0.3) is 0 Å². The van der Waals surface area contributed by atoms with Gasteiger partial charge in [-0.3, -0.25) is 0 Å². The largest absolute Gasteiger partial charge is 0.380 e. The second-order valence-electron chi connectivity index (χ2n) is 6.05. The van der Waals surface area contributed by atoms with Crippen molar-refractivity contribution in [3.63, 3.8) is 0 Å². The van der Waals surface area contributed by atoms with Gasteiger partial charge < -0.3 is 15.0 Å². The quantitative estimate of drug-likeness (QED) is 0.693. The molecule has 0 saturated carbocycles. The molecule has 0 bridgehead atoms. The van der Waals surface area contributed by atoms with Crippen LogP contribution < -0.4 is 5.32 Å². The molecule has 3 nitrogen and oxygen atoms in total. The lowest BCUT2D eigenvalue weighted by Crippen LogP contribution is -2.37. The highest BCUT2D eigenvalue weighted by molar-refractivity contribution is 4.69. The number of hydrogen-bond donors (Lipinski definition) is 1. The standard InChI is InChI=1S/C14H30N2O/c1-14(2,3)15-8-7-12-17-13-11-16-9-5-4-6-10-16/h15H,4-13H2,1-3H3. The van der Waals surface area contributed by atoms with Gasteiger partial charge in [-0.1, -0.05) is 6.42 Å².